The van der Waals surface area contributed by atoms with Crippen LogP contribution in [0.5, 0.6) is 0 Å². The maximum atomic E-state index is 12.0. The molecule has 5 fully saturated rings. The molecule has 0 saturated carbocycles. The summed E-state index contributed by atoms with van der Waals surface area (Å²) in [6.45, 7) is 29.6. The Morgan fingerprint density at radius 2 is 1.10 bits per heavy atom. The number of sulfonamides is 2. The molecule has 8 rings (SSSR count). The van der Waals surface area contributed by atoms with E-state index in [2.05, 4.69) is 86.2 Å². The molecule has 2 aromatic rings. The third-order valence-electron chi connectivity index (χ3n) is 14.0. The average molecular weight is 1220 g/mol. The number of nitriles is 2. The minimum absolute atomic E-state index is 0.0495. The van der Waals surface area contributed by atoms with Gasteiger partial charge in [-0.05, 0) is 108 Å². The normalized spacial score (nSPS) is 23.2. The summed E-state index contributed by atoms with van der Waals surface area (Å²) in [4.78, 5) is 4.13. The maximum absolute atomic E-state index is 12.0. The van der Waals surface area contributed by atoms with Gasteiger partial charge >= 0.3 is 21.4 Å². The van der Waals surface area contributed by atoms with Crippen LogP contribution in [0, 0.1) is 22.7 Å². The fourth-order valence-electron chi connectivity index (χ4n) is 7.19. The van der Waals surface area contributed by atoms with Crippen molar-refractivity contribution in [1.29, 1.82) is 10.5 Å². The van der Waals surface area contributed by atoms with E-state index in [1.165, 1.54) is 14.7 Å². The fourth-order valence-corrected chi connectivity index (χ4v) is 9.52. The Labute approximate surface area is 434 Å². The maximum Gasteiger partial charge on any atom is 0.498 e. The minimum Gasteiger partial charge on any atom is -0.399 e. The van der Waals surface area contributed by atoms with E-state index in [1.54, 1.807) is 41.8 Å². The topological polar surface area (TPSA) is 226 Å². The SMILES string of the molecule is CC1(C)OB(C2=CCN=C2)OC1(C)C.CCS(=O)(=O)N1CC(=CC#N)C1.CCS(=O)(=O)N1CC(CC#N)(n2cc(B3OC(C)(C)C(C)(C)O3)cn2)C1.Cn1cc(B2OC(C)(C)C(C)(C)O2)cn1.II. The highest BCUT2D eigenvalue weighted by molar-refractivity contribution is 15.0. The molecule has 380 valence electrons. The van der Waals surface area contributed by atoms with Gasteiger partial charge in [0, 0.05) is 118 Å². The van der Waals surface area contributed by atoms with E-state index < -0.39 is 43.9 Å². The predicted molar refractivity (Wildman–Crippen MR) is 286 cm³/mol. The Balaban J connectivity index is 0.000000208. The van der Waals surface area contributed by atoms with Crippen LogP contribution in [-0.2, 0) is 60.6 Å². The molecule has 8 heterocycles. The molecule has 5 saturated heterocycles. The summed E-state index contributed by atoms with van der Waals surface area (Å²) >= 11 is 4.24. The summed E-state index contributed by atoms with van der Waals surface area (Å²) < 4.78 is 88.2. The lowest BCUT2D eigenvalue weighted by Gasteiger charge is -2.47. The highest BCUT2D eigenvalue weighted by Crippen LogP contribution is 2.40. The number of hydrogen-bond acceptors (Lipinski definition) is 15. The van der Waals surface area contributed by atoms with Crippen LogP contribution in [0.3, 0.4) is 0 Å². The second-order valence-corrected chi connectivity index (χ2v) is 25.0. The lowest BCUT2D eigenvalue weighted by molar-refractivity contribution is 0.00578. The first kappa shape index (κ1) is 59.3. The number of allylic oxidation sites excluding steroid dienone is 2. The van der Waals surface area contributed by atoms with Crippen molar-refractivity contribution in [1.82, 2.24) is 28.2 Å². The molecule has 0 unspecified atom stereocenters. The van der Waals surface area contributed by atoms with Gasteiger partial charge in [0.15, 0.2) is 0 Å². The van der Waals surface area contributed by atoms with Gasteiger partial charge in [0.25, 0.3) is 0 Å². The largest absolute Gasteiger partial charge is 0.498 e. The van der Waals surface area contributed by atoms with Crippen molar-refractivity contribution in [2.24, 2.45) is 12.0 Å². The van der Waals surface area contributed by atoms with Crippen molar-refractivity contribution >= 4 is 95.8 Å². The van der Waals surface area contributed by atoms with Crippen molar-refractivity contribution in [3.63, 3.8) is 0 Å². The second kappa shape index (κ2) is 22.5. The van der Waals surface area contributed by atoms with Crippen LogP contribution < -0.4 is 10.9 Å². The lowest BCUT2D eigenvalue weighted by Crippen LogP contribution is -2.64. The molecule has 0 atom stereocenters. The van der Waals surface area contributed by atoms with Crippen LogP contribution in [0.1, 0.15) is 103 Å². The zero-order valence-corrected chi connectivity index (χ0v) is 48.6. The van der Waals surface area contributed by atoms with Crippen molar-refractivity contribution < 1.29 is 44.8 Å². The molecule has 0 aromatic carbocycles. The Kier molecular flexibility index (Phi) is 19.3. The van der Waals surface area contributed by atoms with E-state index >= 15 is 0 Å². The Bertz CT molecular complexity index is 2470. The van der Waals surface area contributed by atoms with Crippen LogP contribution in [0.15, 0.2) is 53.0 Å². The number of nitrogens with zero attached hydrogens (tertiary/aromatic N) is 9. The average Bonchev–Trinajstić information content (AvgIpc) is 4.09. The third kappa shape index (κ3) is 13.5. The molecule has 0 radical (unpaired) electrons. The summed E-state index contributed by atoms with van der Waals surface area (Å²) in [5, 5.41) is 26.0. The Morgan fingerprint density at radius 1 is 0.681 bits per heavy atom. The van der Waals surface area contributed by atoms with E-state index in [-0.39, 0.29) is 67.7 Å². The van der Waals surface area contributed by atoms with E-state index in [1.807, 2.05) is 87.0 Å². The number of halogens is 2. The fraction of sp³-hybridized carbons (Fsp3) is 0.698. The Hall–Kier alpha value is -2.22. The molecule has 6 aliphatic rings. The van der Waals surface area contributed by atoms with Gasteiger partial charge in [0.1, 0.15) is 5.54 Å². The molecule has 0 spiro atoms. The van der Waals surface area contributed by atoms with Gasteiger partial charge < -0.3 is 27.9 Å². The second-order valence-electron chi connectivity index (χ2n) is 20.5. The van der Waals surface area contributed by atoms with Crippen molar-refractivity contribution in [2.75, 3.05) is 44.2 Å². The summed E-state index contributed by atoms with van der Waals surface area (Å²) in [6.07, 6.45) is 12.6. The van der Waals surface area contributed by atoms with E-state index in [9.17, 15) is 22.1 Å². The van der Waals surface area contributed by atoms with Crippen LogP contribution in [-0.4, -0.2) is 150 Å². The summed E-state index contributed by atoms with van der Waals surface area (Å²) in [5.41, 5.74) is 1.04. The Morgan fingerprint density at radius 3 is 1.48 bits per heavy atom. The zero-order chi connectivity index (χ0) is 52.2. The highest BCUT2D eigenvalue weighted by atomic mass is 128. The van der Waals surface area contributed by atoms with Crippen molar-refractivity contribution in [3.05, 3.63) is 48.0 Å². The summed E-state index contributed by atoms with van der Waals surface area (Å²) in [5.74, 6) is 0.181. The molecular formula is C43H68B3I2N9O10S2. The van der Waals surface area contributed by atoms with Crippen molar-refractivity contribution in [2.45, 2.75) is 142 Å². The van der Waals surface area contributed by atoms with Crippen LogP contribution in [0.2, 0.25) is 0 Å². The number of hydrogen-bond donors (Lipinski definition) is 0. The molecule has 0 bridgehead atoms. The van der Waals surface area contributed by atoms with Gasteiger partial charge in [0.2, 0.25) is 20.0 Å². The van der Waals surface area contributed by atoms with Crippen LogP contribution >= 0.6 is 37.2 Å². The highest BCUT2D eigenvalue weighted by Gasteiger charge is 2.55. The number of aryl methyl sites for hydroxylation is 1. The predicted octanol–water partition coefficient (Wildman–Crippen LogP) is 4.68. The first-order chi connectivity index (χ1) is 31.8. The van der Waals surface area contributed by atoms with Gasteiger partial charge in [-0.1, -0.05) is 6.08 Å². The van der Waals surface area contributed by atoms with E-state index in [0.29, 0.717) is 13.1 Å². The van der Waals surface area contributed by atoms with Gasteiger partial charge in [-0.2, -0.15) is 29.3 Å². The zero-order valence-electron chi connectivity index (χ0n) is 42.6. The van der Waals surface area contributed by atoms with Crippen LogP contribution in [0.25, 0.3) is 0 Å². The summed E-state index contributed by atoms with van der Waals surface area (Å²) in [6, 6.07) is 4.04. The number of rotatable bonds is 9. The molecule has 6 aliphatic heterocycles. The number of aliphatic imine (C=N–C) groups is 1. The van der Waals surface area contributed by atoms with E-state index in [0.717, 1.165) is 28.5 Å². The molecular weight excluding hydrogens is 1150 g/mol. The standard InChI is InChI=1S/C16H25BN4O4S.C10H17BN2O2.C10H16BNO2.C7H10N2O2S.I2/c1-6-26(22,23)20-11-16(12-20,7-8-18)21-10-13(9-19-21)17-24-14(2,3)15(4,5)25-17;1-9(2)10(3,4)15-11(14-9)8-6-12-13(5)7-8;1-9(2)10(3,4)14-11(13-9)8-5-6-12-7-8;1-2-12(10,11)9-5-7(6-9)3-4-8;1-2/h9-10H,6-7,11-12H2,1-5H3;6-7H,1-5H3;5,7H,6H2,1-4H3;3H,2,5-6H2,1H3;. The van der Waals surface area contributed by atoms with Gasteiger partial charge in [-0.3, -0.25) is 14.4 Å². The summed E-state index contributed by atoms with van der Waals surface area (Å²) in [7, 11) is -5.50. The smallest absolute Gasteiger partial charge is 0.399 e. The molecule has 0 aliphatic carbocycles. The molecule has 19 nitrogen and oxygen atoms in total. The third-order valence-corrected chi connectivity index (χ3v) is 17.5. The van der Waals surface area contributed by atoms with Gasteiger partial charge in [-0.15, -0.1) is 0 Å². The van der Waals surface area contributed by atoms with Gasteiger partial charge in [0.05, 0.1) is 70.2 Å². The van der Waals surface area contributed by atoms with Crippen LogP contribution in [0.4, 0.5) is 0 Å². The molecule has 0 N–H and O–H groups in total. The molecule has 69 heavy (non-hydrogen) atoms. The molecule has 0 amide bonds. The molecule has 2 aromatic heterocycles. The minimum atomic E-state index is -3.27. The number of aromatic nitrogens is 4. The van der Waals surface area contributed by atoms with Gasteiger partial charge in [-0.25, -0.2) is 16.8 Å². The first-order valence-electron chi connectivity index (χ1n) is 22.7. The van der Waals surface area contributed by atoms with E-state index in [4.69, 9.17) is 33.2 Å². The van der Waals surface area contributed by atoms with Crippen molar-refractivity contribution in [3.8, 4) is 12.1 Å². The first-order valence-corrected chi connectivity index (χ1v) is 32.2. The molecule has 26 heteroatoms. The lowest BCUT2D eigenvalue weighted by atomic mass is 9.79. The quantitative estimate of drug-likeness (QED) is 0.189. The monoisotopic (exact) mass is 1220 g/mol.